The largest absolute Gasteiger partial charge is 0.487 e. The second kappa shape index (κ2) is 10.2. The van der Waals surface area contributed by atoms with Crippen LogP contribution in [0.25, 0.3) is 0 Å². The zero-order chi connectivity index (χ0) is 24.2. The molecule has 1 aliphatic rings. The van der Waals surface area contributed by atoms with Crippen LogP contribution >= 0.6 is 23.4 Å². The van der Waals surface area contributed by atoms with Crippen LogP contribution in [0.4, 0.5) is 20.2 Å². The molecule has 0 bridgehead atoms. The maximum Gasteiger partial charge on any atom is 0.487 e. The molecule has 33 heavy (non-hydrogen) atoms. The van der Waals surface area contributed by atoms with Gasteiger partial charge >= 0.3 is 11.5 Å². The number of hydrogen-bond acceptors (Lipinski definition) is 7. The fraction of sp³-hybridized carbons (Fsp3) is 0.238. The highest BCUT2D eigenvalue weighted by Crippen LogP contribution is 2.30. The van der Waals surface area contributed by atoms with E-state index in [1.165, 1.54) is 48.4 Å². The number of nitrogens with zero attached hydrogens (tertiary/aromatic N) is 2. The van der Waals surface area contributed by atoms with Crippen molar-refractivity contribution in [2.75, 3.05) is 19.5 Å². The summed E-state index contributed by atoms with van der Waals surface area (Å²) in [4.78, 5) is 42.4. The summed E-state index contributed by atoms with van der Waals surface area (Å²) in [7, 11) is 2.83. The zero-order valence-electron chi connectivity index (χ0n) is 17.4. The van der Waals surface area contributed by atoms with E-state index in [4.69, 9.17) is 11.6 Å². The fourth-order valence-corrected chi connectivity index (χ4v) is 3.91. The Morgan fingerprint density at radius 1 is 1.18 bits per heavy atom. The molecule has 0 radical (unpaired) electrons. The van der Waals surface area contributed by atoms with Crippen LogP contribution in [0, 0.1) is 0 Å². The highest BCUT2D eigenvalue weighted by Gasteiger charge is 2.34. The molecule has 1 aliphatic heterocycles. The Morgan fingerprint density at radius 2 is 1.82 bits per heavy atom. The molecule has 0 spiro atoms. The molecule has 1 N–H and O–H groups in total. The summed E-state index contributed by atoms with van der Waals surface area (Å²) in [6.07, 6.45) is -0.0486. The number of anilines is 1. The Kier molecular flexibility index (Phi) is 7.54. The zero-order valence-corrected chi connectivity index (χ0v) is 19.0. The minimum Gasteiger partial charge on any atom is -0.465 e. The first-order chi connectivity index (χ1) is 15.6. The number of alkyl halides is 3. The minimum absolute atomic E-state index is 0.0486. The van der Waals surface area contributed by atoms with Gasteiger partial charge in [-0.1, -0.05) is 11.8 Å². The molecule has 0 saturated carbocycles. The number of amidine groups is 1. The van der Waals surface area contributed by atoms with Gasteiger partial charge in [-0.3, -0.25) is 14.5 Å². The summed E-state index contributed by atoms with van der Waals surface area (Å²) in [5.41, 5.74) is -2.68. The van der Waals surface area contributed by atoms with Gasteiger partial charge in [0.2, 0.25) is 11.8 Å². The Bertz CT molecular complexity index is 1070. The van der Waals surface area contributed by atoms with E-state index in [0.29, 0.717) is 22.1 Å². The Hall–Kier alpha value is -3.18. The average molecular weight is 498 g/mol. The number of rotatable bonds is 6. The third kappa shape index (κ3) is 6.65. The molecule has 0 aromatic heterocycles. The van der Waals surface area contributed by atoms with Crippen molar-refractivity contribution >= 4 is 57.7 Å². The van der Waals surface area contributed by atoms with E-state index in [9.17, 15) is 23.2 Å². The van der Waals surface area contributed by atoms with Gasteiger partial charge in [-0.05, 0) is 48.5 Å². The maximum atomic E-state index is 12.7. The molecular formula is C21H18ClF2N3O5S. The van der Waals surface area contributed by atoms with Crippen molar-refractivity contribution in [1.82, 2.24) is 4.90 Å². The highest BCUT2D eigenvalue weighted by molar-refractivity contribution is 8.15. The number of amides is 2. The van der Waals surface area contributed by atoms with Crippen molar-refractivity contribution in [1.29, 1.82) is 0 Å². The van der Waals surface area contributed by atoms with E-state index in [-0.39, 0.29) is 18.1 Å². The SMILES string of the molecule is COC(=O)c1ccc(N=C2S[C@H](C(=O)Nc3ccc(OC(F)(F)Cl)cc3)CC(=O)N2C)cc1. The second-order valence-electron chi connectivity index (χ2n) is 6.76. The molecule has 174 valence electrons. The predicted octanol–water partition coefficient (Wildman–Crippen LogP) is 4.23. The molecule has 2 amide bonds. The third-order valence-electron chi connectivity index (χ3n) is 4.43. The fourth-order valence-electron chi connectivity index (χ4n) is 2.76. The van der Waals surface area contributed by atoms with Crippen molar-refractivity contribution < 1.29 is 32.6 Å². The molecule has 2 aromatic rings. The number of benzene rings is 2. The number of carbonyl (C=O) groups excluding carboxylic acids is 3. The molecular weight excluding hydrogens is 480 g/mol. The lowest BCUT2D eigenvalue weighted by Gasteiger charge is -2.28. The number of hydrogen-bond donors (Lipinski definition) is 1. The van der Waals surface area contributed by atoms with E-state index in [1.54, 1.807) is 19.2 Å². The third-order valence-corrected chi connectivity index (χ3v) is 5.75. The van der Waals surface area contributed by atoms with Crippen LogP contribution in [-0.4, -0.2) is 52.8 Å². The number of ether oxygens (including phenoxy) is 2. The number of methoxy groups -OCH3 is 1. The molecule has 0 aliphatic carbocycles. The van der Waals surface area contributed by atoms with E-state index >= 15 is 0 Å². The van der Waals surface area contributed by atoms with Gasteiger partial charge in [0.1, 0.15) is 11.0 Å². The topological polar surface area (TPSA) is 97.3 Å². The van der Waals surface area contributed by atoms with Gasteiger partial charge in [0.05, 0.1) is 18.4 Å². The van der Waals surface area contributed by atoms with Crippen LogP contribution in [0.1, 0.15) is 16.8 Å². The number of aliphatic imine (C=N–C) groups is 1. The maximum absolute atomic E-state index is 12.7. The smallest absolute Gasteiger partial charge is 0.465 e. The molecule has 2 aromatic carbocycles. The summed E-state index contributed by atoms with van der Waals surface area (Å²) in [6, 6.07) is 11.5. The first kappa shape index (κ1) is 24.5. The lowest BCUT2D eigenvalue weighted by Crippen LogP contribution is -2.43. The summed E-state index contributed by atoms with van der Waals surface area (Å²) in [5.74, 6) is -1.41. The van der Waals surface area contributed by atoms with E-state index in [2.05, 4.69) is 19.8 Å². The standard InChI is InChI=1S/C21H18ClF2N3O5S/c1-27-17(28)11-16(18(29)25-13-7-9-15(10-8-13)32-21(22,23)24)33-20(27)26-14-5-3-12(4-6-14)19(30)31-2/h3-10,16H,11H2,1-2H3,(H,25,29)/t16-/m0/s1. The first-order valence-corrected chi connectivity index (χ1v) is 10.7. The van der Waals surface area contributed by atoms with E-state index < -0.39 is 22.7 Å². The highest BCUT2D eigenvalue weighted by atomic mass is 35.5. The van der Waals surface area contributed by atoms with Gasteiger partial charge in [0.25, 0.3) is 0 Å². The van der Waals surface area contributed by atoms with Crippen LogP contribution in [0.5, 0.6) is 5.75 Å². The van der Waals surface area contributed by atoms with E-state index in [1.807, 2.05) is 0 Å². The summed E-state index contributed by atoms with van der Waals surface area (Å²) in [6.45, 7) is 0. The summed E-state index contributed by atoms with van der Waals surface area (Å²) in [5, 5.41) is 2.19. The van der Waals surface area contributed by atoms with Gasteiger partial charge in [-0.2, -0.15) is 0 Å². The van der Waals surface area contributed by atoms with E-state index in [0.717, 1.165) is 11.8 Å². The molecule has 12 heteroatoms. The average Bonchev–Trinajstić information content (AvgIpc) is 2.77. The van der Waals surface area contributed by atoms with Crippen molar-refractivity contribution in [3.05, 3.63) is 54.1 Å². The van der Waals surface area contributed by atoms with Gasteiger partial charge in [-0.25, -0.2) is 9.79 Å². The predicted molar refractivity (Wildman–Crippen MR) is 120 cm³/mol. The second-order valence-corrected chi connectivity index (χ2v) is 8.37. The van der Waals surface area contributed by atoms with Crippen LogP contribution in [0.3, 0.4) is 0 Å². The Balaban J connectivity index is 1.70. The van der Waals surface area contributed by atoms with Crippen molar-refractivity contribution in [3.8, 4) is 5.75 Å². The van der Waals surface area contributed by atoms with Gasteiger partial charge in [0.15, 0.2) is 5.17 Å². The normalized spacial score (nSPS) is 17.6. The molecule has 0 unspecified atom stereocenters. The monoisotopic (exact) mass is 497 g/mol. The lowest BCUT2D eigenvalue weighted by molar-refractivity contribution is -0.128. The quantitative estimate of drug-likeness (QED) is 0.474. The van der Waals surface area contributed by atoms with Crippen LogP contribution < -0.4 is 10.1 Å². The van der Waals surface area contributed by atoms with Crippen molar-refractivity contribution in [3.63, 3.8) is 0 Å². The number of esters is 1. The number of carbonyl (C=O) groups is 3. The van der Waals surface area contributed by atoms with Gasteiger partial charge in [-0.15, -0.1) is 8.78 Å². The Morgan fingerprint density at radius 3 is 2.39 bits per heavy atom. The first-order valence-electron chi connectivity index (χ1n) is 9.42. The van der Waals surface area contributed by atoms with Gasteiger partial charge in [0, 0.05) is 30.8 Å². The van der Waals surface area contributed by atoms with Crippen molar-refractivity contribution in [2.24, 2.45) is 4.99 Å². The van der Waals surface area contributed by atoms with Crippen molar-refractivity contribution in [2.45, 2.75) is 17.2 Å². The summed E-state index contributed by atoms with van der Waals surface area (Å²) >= 11 is 5.82. The molecule has 8 nitrogen and oxygen atoms in total. The Labute approximate surface area is 196 Å². The van der Waals surface area contributed by atoms with Crippen LogP contribution in [0.15, 0.2) is 53.5 Å². The van der Waals surface area contributed by atoms with Gasteiger partial charge < -0.3 is 14.8 Å². The van der Waals surface area contributed by atoms with Crippen LogP contribution in [-0.2, 0) is 14.3 Å². The number of nitrogens with one attached hydrogen (secondary N) is 1. The molecule has 1 fully saturated rings. The number of halogens is 3. The molecule has 1 heterocycles. The molecule has 1 atom stereocenters. The lowest BCUT2D eigenvalue weighted by atomic mass is 10.2. The molecule has 1 saturated heterocycles. The number of thioether (sulfide) groups is 1. The summed E-state index contributed by atoms with van der Waals surface area (Å²) < 4.78 is 34.3. The minimum atomic E-state index is -3.84. The molecule has 3 rings (SSSR count). The van der Waals surface area contributed by atoms with Crippen LogP contribution in [0.2, 0.25) is 0 Å².